The lowest BCUT2D eigenvalue weighted by Gasteiger charge is -2.24. The van der Waals surface area contributed by atoms with Gasteiger partial charge in [0.1, 0.15) is 0 Å². The van der Waals surface area contributed by atoms with Crippen molar-refractivity contribution in [3.05, 3.63) is 35.9 Å². The topological polar surface area (TPSA) is 15.3 Å². The molecule has 2 rings (SSSR count). The SMILES string of the molecule is C[C@@H](CN1CCCCCC1)NCCCc1ccccc1. The summed E-state index contributed by atoms with van der Waals surface area (Å²) in [4.78, 5) is 2.64. The summed E-state index contributed by atoms with van der Waals surface area (Å²) in [6, 6.07) is 11.4. The number of rotatable bonds is 7. The van der Waals surface area contributed by atoms with Crippen LogP contribution in [0.5, 0.6) is 0 Å². The van der Waals surface area contributed by atoms with E-state index < -0.39 is 0 Å². The average Bonchev–Trinajstić information content (AvgIpc) is 2.73. The zero-order valence-corrected chi connectivity index (χ0v) is 13.0. The zero-order chi connectivity index (χ0) is 14.0. The Morgan fingerprint density at radius 3 is 2.45 bits per heavy atom. The van der Waals surface area contributed by atoms with Gasteiger partial charge in [0.05, 0.1) is 0 Å². The molecular weight excluding hydrogens is 244 g/mol. The van der Waals surface area contributed by atoms with Gasteiger partial charge < -0.3 is 10.2 Å². The van der Waals surface area contributed by atoms with E-state index in [0.717, 1.165) is 6.54 Å². The maximum atomic E-state index is 3.68. The fourth-order valence-electron chi connectivity index (χ4n) is 3.06. The molecule has 1 aliphatic heterocycles. The van der Waals surface area contributed by atoms with Gasteiger partial charge in [0.15, 0.2) is 0 Å². The fourth-order valence-corrected chi connectivity index (χ4v) is 3.06. The Hall–Kier alpha value is -0.860. The molecular formula is C18H30N2. The van der Waals surface area contributed by atoms with Crippen LogP contribution in [0.15, 0.2) is 30.3 Å². The van der Waals surface area contributed by atoms with Gasteiger partial charge >= 0.3 is 0 Å². The van der Waals surface area contributed by atoms with Gasteiger partial charge in [0, 0.05) is 12.6 Å². The van der Waals surface area contributed by atoms with Crippen molar-refractivity contribution < 1.29 is 0 Å². The molecule has 1 aromatic rings. The van der Waals surface area contributed by atoms with Crippen molar-refractivity contribution in [2.24, 2.45) is 0 Å². The minimum atomic E-state index is 0.615. The predicted molar refractivity (Wildman–Crippen MR) is 87.1 cm³/mol. The molecule has 20 heavy (non-hydrogen) atoms. The van der Waals surface area contributed by atoms with E-state index in [1.54, 1.807) is 0 Å². The normalized spacial score (nSPS) is 18.6. The largest absolute Gasteiger partial charge is 0.313 e. The van der Waals surface area contributed by atoms with Gasteiger partial charge in [-0.2, -0.15) is 0 Å². The van der Waals surface area contributed by atoms with Gasteiger partial charge in [0.2, 0.25) is 0 Å². The summed E-state index contributed by atoms with van der Waals surface area (Å²) < 4.78 is 0. The van der Waals surface area contributed by atoms with Gasteiger partial charge in [-0.3, -0.25) is 0 Å². The molecule has 1 aliphatic rings. The van der Waals surface area contributed by atoms with Crippen molar-refractivity contribution >= 4 is 0 Å². The Morgan fingerprint density at radius 1 is 1.05 bits per heavy atom. The van der Waals surface area contributed by atoms with Crippen molar-refractivity contribution in [3.63, 3.8) is 0 Å². The second kappa shape index (κ2) is 9.15. The van der Waals surface area contributed by atoms with Crippen molar-refractivity contribution in [3.8, 4) is 0 Å². The van der Waals surface area contributed by atoms with Crippen LogP contribution in [0.4, 0.5) is 0 Å². The van der Waals surface area contributed by atoms with Crippen LogP contribution in [0.25, 0.3) is 0 Å². The first-order chi connectivity index (χ1) is 9.84. The molecule has 0 aromatic heterocycles. The second-order valence-corrected chi connectivity index (χ2v) is 6.16. The molecule has 1 saturated heterocycles. The van der Waals surface area contributed by atoms with E-state index in [0.29, 0.717) is 6.04 Å². The quantitative estimate of drug-likeness (QED) is 0.766. The summed E-state index contributed by atoms with van der Waals surface area (Å²) in [6.07, 6.45) is 8.05. The molecule has 2 nitrogen and oxygen atoms in total. The highest BCUT2D eigenvalue weighted by Crippen LogP contribution is 2.09. The number of likely N-dealkylation sites (tertiary alicyclic amines) is 1. The highest BCUT2D eigenvalue weighted by Gasteiger charge is 2.11. The van der Waals surface area contributed by atoms with Crippen LogP contribution in [0.3, 0.4) is 0 Å². The lowest BCUT2D eigenvalue weighted by atomic mass is 10.1. The Morgan fingerprint density at radius 2 is 1.75 bits per heavy atom. The summed E-state index contributed by atoms with van der Waals surface area (Å²) in [5.74, 6) is 0. The van der Waals surface area contributed by atoms with Gasteiger partial charge in [-0.05, 0) is 57.8 Å². The highest BCUT2D eigenvalue weighted by atomic mass is 15.1. The second-order valence-electron chi connectivity index (χ2n) is 6.16. The molecule has 0 saturated carbocycles. The van der Waals surface area contributed by atoms with Crippen LogP contribution in [-0.4, -0.2) is 37.1 Å². The Balaban J connectivity index is 1.56. The van der Waals surface area contributed by atoms with E-state index in [-0.39, 0.29) is 0 Å². The van der Waals surface area contributed by atoms with E-state index in [1.165, 1.54) is 63.7 Å². The van der Waals surface area contributed by atoms with Gasteiger partial charge in [-0.25, -0.2) is 0 Å². The summed E-state index contributed by atoms with van der Waals surface area (Å²) in [5.41, 5.74) is 1.45. The van der Waals surface area contributed by atoms with Crippen LogP contribution in [-0.2, 0) is 6.42 Å². The molecule has 0 bridgehead atoms. The number of aryl methyl sites for hydroxylation is 1. The molecule has 0 amide bonds. The standard InChI is InChI=1S/C18H30N2/c1-17(16-20-14-7-2-3-8-15-20)19-13-9-12-18-10-5-4-6-11-18/h4-6,10-11,17,19H,2-3,7-9,12-16H2,1H3/t17-/m0/s1. The van der Waals surface area contributed by atoms with Crippen LogP contribution in [0.2, 0.25) is 0 Å². The Labute approximate surface area is 124 Å². The highest BCUT2D eigenvalue weighted by molar-refractivity contribution is 5.14. The maximum Gasteiger partial charge on any atom is 0.0166 e. The van der Waals surface area contributed by atoms with E-state index in [1.807, 2.05) is 0 Å². The van der Waals surface area contributed by atoms with Crippen LogP contribution in [0.1, 0.15) is 44.6 Å². The summed E-state index contributed by atoms with van der Waals surface area (Å²) in [6.45, 7) is 7.27. The van der Waals surface area contributed by atoms with Crippen molar-refractivity contribution in [1.29, 1.82) is 0 Å². The van der Waals surface area contributed by atoms with Crippen LogP contribution < -0.4 is 5.32 Å². The number of nitrogens with one attached hydrogen (secondary N) is 1. The monoisotopic (exact) mass is 274 g/mol. The summed E-state index contributed by atoms with van der Waals surface area (Å²) in [5, 5.41) is 3.68. The van der Waals surface area contributed by atoms with E-state index in [9.17, 15) is 0 Å². The Kier molecular flexibility index (Phi) is 7.10. The third kappa shape index (κ3) is 6.06. The molecule has 1 N–H and O–H groups in total. The van der Waals surface area contributed by atoms with Gasteiger partial charge in [0.25, 0.3) is 0 Å². The molecule has 1 fully saturated rings. The molecule has 0 aliphatic carbocycles. The first kappa shape index (κ1) is 15.5. The molecule has 0 spiro atoms. The lowest BCUT2D eigenvalue weighted by Crippen LogP contribution is -2.40. The number of hydrogen-bond donors (Lipinski definition) is 1. The van der Waals surface area contributed by atoms with Crippen molar-refractivity contribution in [2.45, 2.75) is 51.5 Å². The number of nitrogens with zero attached hydrogens (tertiary/aromatic N) is 1. The minimum absolute atomic E-state index is 0.615. The third-order valence-electron chi connectivity index (χ3n) is 4.21. The molecule has 2 heteroatoms. The minimum Gasteiger partial charge on any atom is -0.313 e. The average molecular weight is 274 g/mol. The summed E-state index contributed by atoms with van der Waals surface area (Å²) >= 11 is 0. The lowest BCUT2D eigenvalue weighted by molar-refractivity contribution is 0.256. The van der Waals surface area contributed by atoms with Gasteiger partial charge in [-0.15, -0.1) is 0 Å². The molecule has 0 radical (unpaired) electrons. The molecule has 1 atom stereocenters. The zero-order valence-electron chi connectivity index (χ0n) is 13.0. The first-order valence-corrected chi connectivity index (χ1v) is 8.34. The van der Waals surface area contributed by atoms with Crippen LogP contribution in [0, 0.1) is 0 Å². The fraction of sp³-hybridized carbons (Fsp3) is 0.667. The van der Waals surface area contributed by atoms with E-state index in [2.05, 4.69) is 47.5 Å². The van der Waals surface area contributed by atoms with Crippen molar-refractivity contribution in [1.82, 2.24) is 10.2 Å². The summed E-state index contributed by atoms with van der Waals surface area (Å²) in [7, 11) is 0. The Bertz CT molecular complexity index is 342. The molecule has 1 heterocycles. The molecule has 1 aromatic carbocycles. The third-order valence-corrected chi connectivity index (χ3v) is 4.21. The van der Waals surface area contributed by atoms with Crippen LogP contribution >= 0.6 is 0 Å². The molecule has 0 unspecified atom stereocenters. The number of hydrogen-bond acceptors (Lipinski definition) is 2. The number of benzene rings is 1. The van der Waals surface area contributed by atoms with E-state index >= 15 is 0 Å². The van der Waals surface area contributed by atoms with E-state index in [4.69, 9.17) is 0 Å². The first-order valence-electron chi connectivity index (χ1n) is 8.34. The maximum absolute atomic E-state index is 3.68. The predicted octanol–water partition coefficient (Wildman–Crippen LogP) is 3.47. The smallest absolute Gasteiger partial charge is 0.0166 e. The van der Waals surface area contributed by atoms with Gasteiger partial charge in [-0.1, -0.05) is 43.2 Å². The van der Waals surface area contributed by atoms with Crippen molar-refractivity contribution in [2.75, 3.05) is 26.2 Å². The molecule has 112 valence electrons.